The van der Waals surface area contributed by atoms with Crippen LogP contribution in [0.25, 0.3) is 75.8 Å². The second kappa shape index (κ2) is 13.9. The summed E-state index contributed by atoms with van der Waals surface area (Å²) in [5.74, 6) is 0. The zero-order valence-electron chi connectivity index (χ0n) is 36.7. The summed E-state index contributed by atoms with van der Waals surface area (Å²) < 4.78 is 2.66. The molecule has 0 radical (unpaired) electrons. The maximum atomic E-state index is 2.50. The minimum atomic E-state index is -0.585. The Kier molecular flexibility index (Phi) is 7.89. The maximum Gasteiger partial charge on any atom is 0.0725 e. The first kappa shape index (κ1) is 37.6. The molecule has 1 heterocycles. The van der Waals surface area contributed by atoms with E-state index in [9.17, 15) is 0 Å². The highest BCUT2D eigenvalue weighted by Gasteiger charge is 2.50. The van der Waals surface area contributed by atoms with Gasteiger partial charge in [-0.3, -0.25) is 0 Å². The van der Waals surface area contributed by atoms with Crippen LogP contribution in [0.15, 0.2) is 224 Å². The Labute approximate surface area is 389 Å². The van der Waals surface area contributed by atoms with E-state index < -0.39 is 5.41 Å². The van der Waals surface area contributed by atoms with Gasteiger partial charge in [0.15, 0.2) is 0 Å². The van der Waals surface area contributed by atoms with E-state index in [4.69, 9.17) is 0 Å². The van der Waals surface area contributed by atoms with E-state index in [0.29, 0.717) is 0 Å². The summed E-state index contributed by atoms with van der Waals surface area (Å²) in [4.78, 5) is 2.49. The van der Waals surface area contributed by atoms with Crippen LogP contribution in [0.5, 0.6) is 0 Å². The lowest BCUT2D eigenvalue weighted by Crippen LogP contribution is -2.29. The first-order chi connectivity index (χ1) is 32.5. The van der Waals surface area contributed by atoms with Gasteiger partial charge in [-0.15, -0.1) is 11.3 Å². The molecule has 1 unspecified atom stereocenters. The molecule has 0 fully saturated rings. The van der Waals surface area contributed by atoms with Gasteiger partial charge in [0, 0.05) is 42.6 Å². The van der Waals surface area contributed by atoms with Crippen molar-refractivity contribution in [3.05, 3.63) is 258 Å². The van der Waals surface area contributed by atoms with Crippen LogP contribution in [0.4, 0.5) is 17.1 Å². The topological polar surface area (TPSA) is 3.24 Å². The second-order valence-corrected chi connectivity index (χ2v) is 19.8. The summed E-state index contributed by atoms with van der Waals surface area (Å²) in [6.45, 7) is 4.75. The van der Waals surface area contributed by atoms with Crippen molar-refractivity contribution in [3.63, 3.8) is 0 Å². The zero-order valence-corrected chi connectivity index (χ0v) is 37.5. The predicted molar refractivity (Wildman–Crippen MR) is 279 cm³/mol. The summed E-state index contributed by atoms with van der Waals surface area (Å²) in [6, 6.07) is 84.7. The molecule has 0 amide bonds. The molecule has 1 spiro atoms. The molecule has 11 aromatic rings. The lowest BCUT2D eigenvalue weighted by atomic mass is 9.66. The summed E-state index contributed by atoms with van der Waals surface area (Å²) in [7, 11) is 0. The minimum absolute atomic E-state index is 0.141. The van der Waals surface area contributed by atoms with Gasteiger partial charge in [-0.1, -0.05) is 190 Å². The number of fused-ring (bicyclic) bond motifs is 19. The molecule has 0 N–H and O–H groups in total. The lowest BCUT2D eigenvalue weighted by molar-refractivity contribution is 0.660. The fraction of sp³-hybridized carbons (Fsp3) is 0.0625. The highest BCUT2D eigenvalue weighted by molar-refractivity contribution is 7.26. The number of anilines is 3. The summed E-state index contributed by atoms with van der Waals surface area (Å²) in [5, 5.41) is 2.69. The predicted octanol–water partition coefficient (Wildman–Crippen LogP) is 17.5. The van der Waals surface area contributed by atoms with Crippen LogP contribution in [0.3, 0.4) is 0 Å². The highest BCUT2D eigenvalue weighted by atomic mass is 32.1. The number of nitrogens with zero attached hydrogens (tertiary/aromatic N) is 1. The Hall–Kier alpha value is -7.78. The monoisotopic (exact) mass is 857 g/mol. The summed E-state index contributed by atoms with van der Waals surface area (Å²) >= 11 is 1.90. The Balaban J connectivity index is 1.06. The van der Waals surface area contributed by atoms with Crippen LogP contribution in [0.2, 0.25) is 0 Å². The Morgan fingerprint density at radius 2 is 0.848 bits per heavy atom. The Morgan fingerprint density at radius 3 is 1.62 bits per heavy atom. The molecular formula is C64H43NS. The van der Waals surface area contributed by atoms with Crippen molar-refractivity contribution in [2.45, 2.75) is 24.7 Å². The summed E-state index contributed by atoms with van der Waals surface area (Å²) in [5.41, 5.74) is 23.5. The van der Waals surface area contributed by atoms with Crippen LogP contribution in [0.1, 0.15) is 47.2 Å². The van der Waals surface area contributed by atoms with Crippen LogP contribution in [-0.4, -0.2) is 0 Å². The van der Waals surface area contributed by atoms with E-state index in [-0.39, 0.29) is 5.41 Å². The molecule has 1 atom stereocenters. The third kappa shape index (κ3) is 5.05. The van der Waals surface area contributed by atoms with E-state index >= 15 is 0 Å². The standard InChI is InChI=1S/C64H43NS/c1-63(2)53-24-12-8-21-48(53)49-34-32-44(39-58(49)63)65(42-30-28-41(29-31-42)40-16-4-3-5-17-40)43-33-35-56-52(38-43)46-19-7-6-18-45(46)47-20-9-13-25-54(47)64(56)55-26-14-10-22-50(55)61-57(64)36-37-60-62(61)51-23-11-15-27-59(51)66-60/h3-39H,1-2H3. The van der Waals surface area contributed by atoms with Gasteiger partial charge in [-0.2, -0.15) is 0 Å². The number of thiophene rings is 1. The second-order valence-electron chi connectivity index (χ2n) is 18.7. The van der Waals surface area contributed by atoms with Crippen molar-refractivity contribution in [3.8, 4) is 55.6 Å². The van der Waals surface area contributed by atoms with Crippen LogP contribution >= 0.6 is 11.3 Å². The van der Waals surface area contributed by atoms with Gasteiger partial charge in [-0.05, 0) is 138 Å². The highest BCUT2D eigenvalue weighted by Crippen LogP contribution is 2.64. The van der Waals surface area contributed by atoms with Gasteiger partial charge in [0.05, 0.1) is 5.41 Å². The molecule has 3 aliphatic carbocycles. The largest absolute Gasteiger partial charge is 0.310 e. The first-order valence-electron chi connectivity index (χ1n) is 23.1. The van der Waals surface area contributed by atoms with E-state index in [1.165, 1.54) is 109 Å². The fourth-order valence-corrected chi connectivity index (χ4v) is 13.4. The Bertz CT molecular complexity index is 3800. The van der Waals surface area contributed by atoms with Crippen molar-refractivity contribution < 1.29 is 0 Å². The van der Waals surface area contributed by atoms with E-state index in [1.54, 1.807) is 0 Å². The molecule has 10 aromatic carbocycles. The van der Waals surface area contributed by atoms with Crippen molar-refractivity contribution in [1.29, 1.82) is 0 Å². The average molecular weight is 858 g/mol. The molecule has 14 rings (SSSR count). The minimum Gasteiger partial charge on any atom is -0.310 e. The normalized spacial score (nSPS) is 15.6. The maximum absolute atomic E-state index is 2.50. The van der Waals surface area contributed by atoms with E-state index in [2.05, 4.69) is 243 Å². The molecule has 0 bridgehead atoms. The first-order valence-corrected chi connectivity index (χ1v) is 23.9. The van der Waals surface area contributed by atoms with Crippen molar-refractivity contribution in [1.82, 2.24) is 0 Å². The van der Waals surface area contributed by atoms with E-state index in [0.717, 1.165) is 17.1 Å². The number of rotatable bonds is 4. The van der Waals surface area contributed by atoms with Gasteiger partial charge in [0.2, 0.25) is 0 Å². The van der Waals surface area contributed by atoms with Crippen LogP contribution < -0.4 is 4.90 Å². The summed E-state index contributed by atoms with van der Waals surface area (Å²) in [6.07, 6.45) is 0. The number of hydrogen-bond donors (Lipinski definition) is 0. The lowest BCUT2D eigenvalue weighted by Gasteiger charge is -2.36. The van der Waals surface area contributed by atoms with E-state index in [1.807, 2.05) is 11.3 Å². The van der Waals surface area contributed by atoms with Gasteiger partial charge in [-0.25, -0.2) is 0 Å². The van der Waals surface area contributed by atoms with Crippen LogP contribution in [-0.2, 0) is 10.8 Å². The molecule has 1 aromatic heterocycles. The van der Waals surface area contributed by atoms with Crippen molar-refractivity contribution in [2.24, 2.45) is 0 Å². The number of benzene rings is 10. The molecule has 310 valence electrons. The Morgan fingerprint density at radius 1 is 0.333 bits per heavy atom. The van der Waals surface area contributed by atoms with Crippen molar-refractivity contribution in [2.75, 3.05) is 4.90 Å². The molecule has 0 saturated heterocycles. The molecular weight excluding hydrogens is 815 g/mol. The molecule has 1 nitrogen and oxygen atoms in total. The average Bonchev–Trinajstić information content (AvgIpc) is 3.95. The molecule has 2 heteroatoms. The van der Waals surface area contributed by atoms with Gasteiger partial charge in [0.1, 0.15) is 0 Å². The van der Waals surface area contributed by atoms with Crippen LogP contribution in [0, 0.1) is 0 Å². The SMILES string of the molecule is CC1(C)c2ccccc2-c2ccc(N(c3ccc(-c4ccccc4)cc3)c3ccc4c(c3)-c3ccccc3-c3ccccc3C43c4ccccc4-c4c3ccc3sc5ccccc5c43)cc21. The van der Waals surface area contributed by atoms with Gasteiger partial charge >= 0.3 is 0 Å². The zero-order chi connectivity index (χ0) is 43.7. The fourth-order valence-electron chi connectivity index (χ4n) is 12.2. The van der Waals surface area contributed by atoms with Crippen molar-refractivity contribution >= 4 is 48.6 Å². The smallest absolute Gasteiger partial charge is 0.0725 e. The third-order valence-corrected chi connectivity index (χ3v) is 16.2. The number of hydrogen-bond acceptors (Lipinski definition) is 2. The quantitative estimate of drug-likeness (QED) is 0.170. The molecule has 0 saturated carbocycles. The van der Waals surface area contributed by atoms with Gasteiger partial charge < -0.3 is 4.90 Å². The molecule has 66 heavy (non-hydrogen) atoms. The third-order valence-electron chi connectivity index (χ3n) is 15.1. The van der Waals surface area contributed by atoms with Gasteiger partial charge in [0.25, 0.3) is 0 Å². The molecule has 3 aliphatic rings. The molecule has 0 aliphatic heterocycles.